The molecule has 0 spiro atoms. The first-order valence-electron chi connectivity index (χ1n) is 4.33. The molecule has 9 heavy (non-hydrogen) atoms. The zero-order chi connectivity index (χ0) is 6.74. The Kier molecular flexibility index (Phi) is 2.87. The van der Waals surface area contributed by atoms with Gasteiger partial charge in [-0.1, -0.05) is 0 Å². The molecule has 0 bridgehead atoms. The Balaban J connectivity index is 2.45. The fraction of sp³-hybridized carbons (Fsp3) is 1.00. The van der Waals surface area contributed by atoms with E-state index in [1.807, 2.05) is 0 Å². The van der Waals surface area contributed by atoms with Crippen molar-refractivity contribution in [3.63, 3.8) is 0 Å². The minimum absolute atomic E-state index is 1.28. The van der Waals surface area contributed by atoms with Gasteiger partial charge in [-0.25, -0.2) is 0 Å². The quantitative estimate of drug-likeness (QED) is 0.642. The van der Waals surface area contributed by atoms with E-state index in [-0.39, 0.29) is 0 Å². The molecule has 0 aliphatic carbocycles. The summed E-state index contributed by atoms with van der Waals surface area (Å²) < 4.78 is 6.65. The van der Waals surface area contributed by atoms with Gasteiger partial charge in [0.2, 0.25) is 0 Å². The maximum absolute atomic E-state index is 2.44. The molecule has 54 valence electrons. The normalized spacial score (nSPS) is 24.7. The van der Waals surface area contributed by atoms with E-state index >= 15 is 0 Å². The summed E-state index contributed by atoms with van der Waals surface area (Å²) in [4.78, 5) is 0. The summed E-state index contributed by atoms with van der Waals surface area (Å²) in [5.41, 5.74) is 0. The monoisotopic (exact) mass is 234 g/mol. The summed E-state index contributed by atoms with van der Waals surface area (Å²) in [6.07, 6.45) is 3.16. The van der Waals surface area contributed by atoms with Gasteiger partial charge in [-0.15, -0.1) is 0 Å². The van der Waals surface area contributed by atoms with Crippen molar-refractivity contribution in [2.45, 2.75) is 44.4 Å². The fourth-order valence-corrected chi connectivity index (χ4v) is 14.0. The Bertz CT molecular complexity index is 76.6. The van der Waals surface area contributed by atoms with Crippen molar-refractivity contribution in [1.82, 2.24) is 0 Å². The first-order valence-corrected chi connectivity index (χ1v) is 12.4. The molecule has 0 amide bonds. The second kappa shape index (κ2) is 3.27. The molecule has 1 fully saturated rings. The van der Waals surface area contributed by atoms with Crippen LogP contribution in [0.5, 0.6) is 0 Å². The van der Waals surface area contributed by atoms with Gasteiger partial charge in [-0.2, -0.15) is 0 Å². The maximum atomic E-state index is 2.44. The fourth-order valence-electron chi connectivity index (χ4n) is 2.08. The Morgan fingerprint density at radius 3 is 1.67 bits per heavy atom. The Morgan fingerprint density at radius 2 is 1.44 bits per heavy atom. The van der Waals surface area contributed by atoms with Crippen LogP contribution in [0.2, 0.25) is 17.7 Å². The molecule has 0 radical (unpaired) electrons. The van der Waals surface area contributed by atoms with E-state index in [4.69, 9.17) is 0 Å². The topological polar surface area (TPSA) is 0 Å². The third kappa shape index (κ3) is 1.63. The predicted molar refractivity (Wildman–Crippen MR) is 45.6 cm³/mol. The molecule has 1 heterocycles. The molecule has 0 saturated carbocycles. The summed E-state index contributed by atoms with van der Waals surface area (Å²) in [5.74, 6) is 0. The van der Waals surface area contributed by atoms with Gasteiger partial charge >= 0.3 is 62.8 Å². The van der Waals surface area contributed by atoms with Crippen LogP contribution >= 0.6 is 0 Å². The van der Waals surface area contributed by atoms with E-state index in [1.54, 1.807) is 30.6 Å². The van der Waals surface area contributed by atoms with Crippen LogP contribution in [0.15, 0.2) is 0 Å². The number of hydrogen-bond donors (Lipinski definition) is 0. The molecule has 0 aromatic carbocycles. The van der Waals surface area contributed by atoms with Crippen LogP contribution in [0.25, 0.3) is 0 Å². The van der Waals surface area contributed by atoms with Crippen molar-refractivity contribution in [1.29, 1.82) is 0 Å². The van der Waals surface area contributed by atoms with E-state index in [0.717, 1.165) is 0 Å². The molecule has 0 N–H and O–H groups in total. The Labute approximate surface area is 62.9 Å². The Hall–Kier alpha value is 0.799. The van der Waals surface area contributed by atoms with E-state index in [1.165, 1.54) is 0 Å². The van der Waals surface area contributed by atoms with E-state index in [0.29, 0.717) is 0 Å². The zero-order valence-electron chi connectivity index (χ0n) is 6.74. The van der Waals surface area contributed by atoms with Gasteiger partial charge < -0.3 is 0 Å². The molecule has 1 rings (SSSR count). The molecule has 1 heteroatoms. The van der Waals surface area contributed by atoms with Gasteiger partial charge in [-0.3, -0.25) is 0 Å². The van der Waals surface area contributed by atoms with Crippen molar-refractivity contribution < 1.29 is 0 Å². The van der Waals surface area contributed by atoms with Crippen LogP contribution in [0.4, 0.5) is 0 Å². The molecule has 0 aromatic heterocycles. The molecular weight excluding hydrogens is 215 g/mol. The van der Waals surface area contributed by atoms with Gasteiger partial charge in [0, 0.05) is 0 Å². The van der Waals surface area contributed by atoms with Crippen LogP contribution < -0.4 is 0 Å². The number of rotatable bonds is 2. The number of hydrogen-bond acceptors (Lipinski definition) is 0. The second-order valence-corrected chi connectivity index (χ2v) is 18.9. The predicted octanol–water partition coefficient (Wildman–Crippen LogP) is 3.27. The summed E-state index contributed by atoms with van der Waals surface area (Å²) in [7, 11) is 0. The third-order valence-electron chi connectivity index (χ3n) is 3.16. The van der Waals surface area contributed by atoms with Crippen LogP contribution in [-0.2, 0) is 0 Å². The van der Waals surface area contributed by atoms with Gasteiger partial charge in [0.25, 0.3) is 0 Å². The molecule has 0 nitrogen and oxygen atoms in total. The van der Waals surface area contributed by atoms with Crippen molar-refractivity contribution in [2.24, 2.45) is 0 Å². The summed E-state index contributed by atoms with van der Waals surface area (Å²) in [6, 6.07) is 0. The van der Waals surface area contributed by atoms with Crippen LogP contribution in [0.3, 0.4) is 0 Å². The van der Waals surface area contributed by atoms with E-state index in [9.17, 15) is 0 Å². The average Bonchev–Trinajstić information content (AvgIpc) is 2.36. The summed E-state index contributed by atoms with van der Waals surface area (Å²) in [5, 5.41) is 0. The van der Waals surface area contributed by atoms with Gasteiger partial charge in [0.1, 0.15) is 0 Å². The first-order chi connectivity index (χ1) is 4.33. The van der Waals surface area contributed by atoms with Crippen LogP contribution in [0.1, 0.15) is 26.7 Å². The Morgan fingerprint density at radius 1 is 1.00 bits per heavy atom. The minimum atomic E-state index is -1.28. The standard InChI is InChI=1S/C4H8.2C2H5.Sn/c1-3-4-2;2*1-2;/h1-4H2;2*1H2,2H3;. The van der Waals surface area contributed by atoms with Gasteiger partial charge in [0.05, 0.1) is 0 Å². The molecular formula is C8H18Sn. The van der Waals surface area contributed by atoms with Crippen molar-refractivity contribution in [3.8, 4) is 0 Å². The first kappa shape index (κ1) is 7.90. The van der Waals surface area contributed by atoms with Crippen molar-refractivity contribution >= 4 is 18.4 Å². The van der Waals surface area contributed by atoms with Gasteiger partial charge in [0.15, 0.2) is 0 Å². The van der Waals surface area contributed by atoms with Crippen molar-refractivity contribution in [2.75, 3.05) is 0 Å². The van der Waals surface area contributed by atoms with E-state index < -0.39 is 18.4 Å². The second-order valence-electron chi connectivity index (χ2n) is 3.41. The zero-order valence-corrected chi connectivity index (χ0v) is 9.60. The molecule has 1 saturated heterocycles. The van der Waals surface area contributed by atoms with Crippen molar-refractivity contribution in [3.05, 3.63) is 0 Å². The van der Waals surface area contributed by atoms with Gasteiger partial charge in [-0.05, 0) is 0 Å². The van der Waals surface area contributed by atoms with Crippen LogP contribution in [-0.4, -0.2) is 18.4 Å². The summed E-state index contributed by atoms with van der Waals surface area (Å²) in [6.45, 7) is 4.87. The molecule has 0 aromatic rings. The summed E-state index contributed by atoms with van der Waals surface area (Å²) >= 11 is -1.28. The van der Waals surface area contributed by atoms with Crippen LogP contribution in [0, 0.1) is 0 Å². The SMILES string of the molecule is C[CH2][Sn]1([CH2]C)[CH2]CC[CH2]1. The molecule has 1 aliphatic heterocycles. The van der Waals surface area contributed by atoms with E-state index in [2.05, 4.69) is 13.8 Å². The third-order valence-corrected chi connectivity index (χ3v) is 19.8. The molecule has 0 atom stereocenters. The molecule has 1 aliphatic rings. The molecule has 0 unspecified atom stereocenters. The average molecular weight is 233 g/mol.